The molecule has 0 spiro atoms. The molecule has 2 heterocycles. The van der Waals surface area contributed by atoms with Crippen molar-refractivity contribution in [1.82, 2.24) is 20.6 Å². The molecular weight excluding hydrogens is 551 g/mol. The van der Waals surface area contributed by atoms with Crippen LogP contribution in [-0.4, -0.2) is 50.2 Å². The van der Waals surface area contributed by atoms with Gasteiger partial charge in [0.1, 0.15) is 32.9 Å². The van der Waals surface area contributed by atoms with E-state index in [0.717, 1.165) is 11.1 Å². The number of aryl methyl sites for hydroxylation is 1. The molecule has 0 fully saturated rings. The lowest BCUT2D eigenvalue weighted by Crippen LogP contribution is -2.51. The summed E-state index contributed by atoms with van der Waals surface area (Å²) in [5.41, 5.74) is 1.74. The number of amides is 2. The third-order valence-electron chi connectivity index (χ3n) is 6.32. The van der Waals surface area contributed by atoms with Crippen LogP contribution >= 0.6 is 22.7 Å². The van der Waals surface area contributed by atoms with Crippen LogP contribution in [0.3, 0.4) is 0 Å². The van der Waals surface area contributed by atoms with Crippen LogP contribution in [0, 0.1) is 5.82 Å². The quantitative estimate of drug-likeness (QED) is 0.184. The molecule has 8 nitrogen and oxygen atoms in total. The Morgan fingerprint density at radius 2 is 1.73 bits per heavy atom. The highest BCUT2D eigenvalue weighted by Crippen LogP contribution is 2.25. The summed E-state index contributed by atoms with van der Waals surface area (Å²) in [5, 5.41) is 29.5. The van der Waals surface area contributed by atoms with E-state index in [1.54, 1.807) is 30.6 Å². The Hall–Kier alpha value is -3.51. The number of nitrogens with zero attached hydrogens (tertiary/aromatic N) is 2. The van der Waals surface area contributed by atoms with Crippen molar-refractivity contribution in [1.29, 1.82) is 0 Å². The maximum atomic E-state index is 13.5. The number of halogens is 1. The first kappa shape index (κ1) is 29.5. The summed E-state index contributed by atoms with van der Waals surface area (Å²) < 4.78 is 13.3. The summed E-state index contributed by atoms with van der Waals surface area (Å²) in [6.45, 7) is 1.61. The van der Waals surface area contributed by atoms with Gasteiger partial charge in [0.15, 0.2) is 0 Å². The Bertz CT molecular complexity index is 1360. The van der Waals surface area contributed by atoms with Gasteiger partial charge in [0.05, 0.1) is 18.3 Å². The number of aromatic nitrogens is 2. The zero-order valence-corrected chi connectivity index (χ0v) is 23.5. The van der Waals surface area contributed by atoms with E-state index in [9.17, 15) is 24.2 Å². The van der Waals surface area contributed by atoms with Crippen molar-refractivity contribution in [2.75, 3.05) is 0 Å². The molecule has 0 saturated heterocycles. The summed E-state index contributed by atoms with van der Waals surface area (Å²) in [6, 6.07) is 13.9. The SMILES string of the molecule is CC(O)CC[C@H](NC(=O)c1cnc(-c2ccccc2)s1)C(=O)N[C@@H](CCc1ccc(F)cc1)C(O)c1nccs1. The topological polar surface area (TPSA) is 124 Å². The van der Waals surface area contributed by atoms with E-state index in [2.05, 4.69) is 20.6 Å². The minimum atomic E-state index is -1.08. The second-order valence-corrected chi connectivity index (χ2v) is 11.4. The number of rotatable bonds is 13. The lowest BCUT2D eigenvalue weighted by molar-refractivity contribution is -0.125. The lowest BCUT2D eigenvalue weighted by Gasteiger charge is -2.26. The molecule has 2 aromatic heterocycles. The molecule has 40 heavy (non-hydrogen) atoms. The highest BCUT2D eigenvalue weighted by atomic mass is 32.1. The Balaban J connectivity index is 1.48. The summed E-state index contributed by atoms with van der Waals surface area (Å²) >= 11 is 2.49. The molecule has 0 bridgehead atoms. The van der Waals surface area contributed by atoms with Crippen LogP contribution in [-0.2, 0) is 11.2 Å². The molecule has 0 aliphatic heterocycles. The first-order valence-electron chi connectivity index (χ1n) is 12.9. The van der Waals surface area contributed by atoms with Crippen LogP contribution in [0.2, 0.25) is 0 Å². The molecule has 4 rings (SSSR count). The minimum absolute atomic E-state index is 0.192. The largest absolute Gasteiger partial charge is 0.393 e. The van der Waals surface area contributed by atoms with Crippen molar-refractivity contribution < 1.29 is 24.2 Å². The standard InChI is InChI=1S/C29H31FN4O4S2/c1-18(35)7-13-23(34-27(38)24-17-32-28(40-24)20-5-3-2-4-6-20)26(37)33-22(25(36)29-31-15-16-39-29)14-10-19-8-11-21(30)12-9-19/h2-6,8-9,11-12,15-18,22-23,25,35-36H,7,10,13-14H2,1H3,(H,33,37)(H,34,38)/t18?,22-,23-,25?/m0/s1. The molecular formula is C29H31FN4O4S2. The molecule has 210 valence electrons. The van der Waals surface area contributed by atoms with E-state index in [1.165, 1.54) is 41.0 Å². The van der Waals surface area contributed by atoms with Gasteiger partial charge in [-0.1, -0.05) is 42.5 Å². The zero-order chi connectivity index (χ0) is 28.5. The Morgan fingerprint density at radius 1 is 0.975 bits per heavy atom. The van der Waals surface area contributed by atoms with Gasteiger partial charge in [-0.25, -0.2) is 14.4 Å². The lowest BCUT2D eigenvalue weighted by atomic mass is 10.00. The van der Waals surface area contributed by atoms with Crippen LogP contribution in [0.15, 0.2) is 72.4 Å². The number of aliphatic hydroxyl groups excluding tert-OH is 2. The summed E-state index contributed by atoms with van der Waals surface area (Å²) in [6.07, 6.45) is 2.61. The molecule has 4 aromatic rings. The second kappa shape index (κ2) is 14.2. The molecule has 2 amide bonds. The van der Waals surface area contributed by atoms with E-state index >= 15 is 0 Å². The van der Waals surface area contributed by atoms with E-state index < -0.39 is 36.1 Å². The van der Waals surface area contributed by atoms with Crippen LogP contribution in [0.4, 0.5) is 4.39 Å². The van der Waals surface area contributed by atoms with Crippen molar-refractivity contribution in [3.63, 3.8) is 0 Å². The average molecular weight is 583 g/mol. The Labute approximate surface area is 240 Å². The molecule has 0 radical (unpaired) electrons. The number of benzene rings is 2. The van der Waals surface area contributed by atoms with Gasteiger partial charge < -0.3 is 20.8 Å². The fraction of sp³-hybridized carbons (Fsp3) is 0.310. The number of carbonyl (C=O) groups excluding carboxylic acids is 2. The summed E-state index contributed by atoms with van der Waals surface area (Å²) in [4.78, 5) is 35.5. The third-order valence-corrected chi connectivity index (χ3v) is 8.21. The van der Waals surface area contributed by atoms with Crippen molar-refractivity contribution in [2.24, 2.45) is 0 Å². The van der Waals surface area contributed by atoms with Gasteiger partial charge in [0.25, 0.3) is 5.91 Å². The number of thiazole rings is 2. The molecule has 2 aromatic carbocycles. The van der Waals surface area contributed by atoms with Crippen LogP contribution in [0.25, 0.3) is 10.6 Å². The molecule has 11 heteroatoms. The van der Waals surface area contributed by atoms with Crippen molar-refractivity contribution in [3.8, 4) is 10.6 Å². The predicted octanol–water partition coefficient (Wildman–Crippen LogP) is 4.52. The van der Waals surface area contributed by atoms with Gasteiger partial charge in [0, 0.05) is 17.1 Å². The second-order valence-electron chi connectivity index (χ2n) is 9.44. The van der Waals surface area contributed by atoms with Crippen LogP contribution in [0.5, 0.6) is 0 Å². The molecule has 4 atom stereocenters. The third kappa shape index (κ3) is 8.25. The Morgan fingerprint density at radius 3 is 2.40 bits per heavy atom. The minimum Gasteiger partial charge on any atom is -0.393 e. The Kier molecular flexibility index (Phi) is 10.5. The number of hydrogen-bond acceptors (Lipinski definition) is 8. The highest BCUT2D eigenvalue weighted by molar-refractivity contribution is 7.16. The van der Waals surface area contributed by atoms with E-state index in [0.29, 0.717) is 27.7 Å². The van der Waals surface area contributed by atoms with Gasteiger partial charge in [-0.05, 0) is 50.3 Å². The molecule has 4 N–H and O–H groups in total. The molecule has 0 aliphatic carbocycles. The molecule has 2 unspecified atom stereocenters. The average Bonchev–Trinajstić information content (AvgIpc) is 3.67. The van der Waals surface area contributed by atoms with Gasteiger partial charge in [-0.3, -0.25) is 9.59 Å². The first-order chi connectivity index (χ1) is 19.3. The first-order valence-corrected chi connectivity index (χ1v) is 14.6. The molecule has 0 saturated carbocycles. The number of nitrogens with one attached hydrogen (secondary N) is 2. The van der Waals surface area contributed by atoms with E-state index in [-0.39, 0.29) is 18.7 Å². The van der Waals surface area contributed by atoms with Crippen molar-refractivity contribution in [3.05, 3.63) is 93.6 Å². The van der Waals surface area contributed by atoms with Crippen LogP contribution in [0.1, 0.15) is 52.5 Å². The number of aliphatic hydroxyl groups is 2. The fourth-order valence-corrected chi connectivity index (χ4v) is 5.63. The summed E-state index contributed by atoms with van der Waals surface area (Å²) in [7, 11) is 0. The maximum Gasteiger partial charge on any atom is 0.263 e. The smallest absolute Gasteiger partial charge is 0.263 e. The van der Waals surface area contributed by atoms with E-state index in [1.807, 2.05) is 30.3 Å². The van der Waals surface area contributed by atoms with Gasteiger partial charge in [-0.2, -0.15) is 0 Å². The van der Waals surface area contributed by atoms with Crippen molar-refractivity contribution >= 4 is 34.5 Å². The highest BCUT2D eigenvalue weighted by Gasteiger charge is 2.29. The van der Waals surface area contributed by atoms with Gasteiger partial charge >= 0.3 is 0 Å². The van der Waals surface area contributed by atoms with E-state index in [4.69, 9.17) is 0 Å². The summed E-state index contributed by atoms with van der Waals surface area (Å²) in [5.74, 6) is -1.28. The predicted molar refractivity (Wildman–Crippen MR) is 153 cm³/mol. The number of carbonyl (C=O) groups is 2. The van der Waals surface area contributed by atoms with Crippen LogP contribution < -0.4 is 10.6 Å². The van der Waals surface area contributed by atoms with Crippen molar-refractivity contribution in [2.45, 2.75) is 56.9 Å². The zero-order valence-electron chi connectivity index (χ0n) is 21.9. The monoisotopic (exact) mass is 582 g/mol. The van der Waals surface area contributed by atoms with Gasteiger partial charge in [0.2, 0.25) is 5.91 Å². The van der Waals surface area contributed by atoms with Gasteiger partial charge in [-0.15, -0.1) is 22.7 Å². The molecule has 0 aliphatic rings. The normalized spacial score (nSPS) is 14.2. The maximum absolute atomic E-state index is 13.5. The fourth-order valence-electron chi connectivity index (χ4n) is 4.12. The number of hydrogen-bond donors (Lipinski definition) is 4.